The number of carboxylic acids is 1. The van der Waals surface area contributed by atoms with Crippen LogP contribution in [0.2, 0.25) is 0 Å². The van der Waals surface area contributed by atoms with Crippen LogP contribution in [0.1, 0.15) is 59.3 Å². The van der Waals surface area contributed by atoms with Gasteiger partial charge in [0.15, 0.2) is 0 Å². The average molecular weight is 336 g/mol. The molecule has 5 atom stereocenters. The molecule has 4 nitrogen and oxygen atoms in total. The van der Waals surface area contributed by atoms with Gasteiger partial charge in [-0.3, -0.25) is 4.79 Å². The van der Waals surface area contributed by atoms with Gasteiger partial charge in [0.2, 0.25) is 0 Å². The molecule has 24 heavy (non-hydrogen) atoms. The number of fused-ring (bicyclic) bond motifs is 1. The van der Waals surface area contributed by atoms with E-state index in [1.807, 2.05) is 19.9 Å². The van der Waals surface area contributed by atoms with Crippen LogP contribution in [0.3, 0.4) is 0 Å². The zero-order chi connectivity index (χ0) is 18.1. The molecule has 0 spiro atoms. The molecule has 4 heteroatoms. The van der Waals surface area contributed by atoms with Crippen molar-refractivity contribution in [2.75, 3.05) is 6.61 Å². The van der Waals surface area contributed by atoms with Gasteiger partial charge in [0.1, 0.15) is 0 Å². The Morgan fingerprint density at radius 2 is 2.04 bits per heavy atom. The van der Waals surface area contributed by atoms with Gasteiger partial charge in [-0.1, -0.05) is 31.6 Å². The highest BCUT2D eigenvalue weighted by atomic mass is 16.4. The lowest BCUT2D eigenvalue weighted by Crippen LogP contribution is -2.56. The predicted molar refractivity (Wildman–Crippen MR) is 94.5 cm³/mol. The van der Waals surface area contributed by atoms with Crippen LogP contribution in [0.4, 0.5) is 0 Å². The van der Waals surface area contributed by atoms with Crippen LogP contribution in [0.25, 0.3) is 0 Å². The van der Waals surface area contributed by atoms with Crippen molar-refractivity contribution < 1.29 is 20.1 Å². The second kappa shape index (κ2) is 7.01. The highest BCUT2D eigenvalue weighted by molar-refractivity contribution is 5.75. The van der Waals surface area contributed by atoms with E-state index < -0.39 is 17.5 Å². The number of hydrogen-bond acceptors (Lipinski definition) is 3. The second-order valence-electron chi connectivity index (χ2n) is 8.29. The van der Waals surface area contributed by atoms with Crippen molar-refractivity contribution in [1.29, 1.82) is 0 Å². The molecular formula is C20H32O4. The Kier molecular flexibility index (Phi) is 5.61. The van der Waals surface area contributed by atoms with E-state index in [4.69, 9.17) is 5.11 Å². The van der Waals surface area contributed by atoms with Gasteiger partial charge in [-0.2, -0.15) is 0 Å². The fourth-order valence-electron chi connectivity index (χ4n) is 5.29. The lowest BCUT2D eigenvalue weighted by molar-refractivity contribution is -0.167. The quantitative estimate of drug-likeness (QED) is 0.671. The molecule has 136 valence electrons. The Morgan fingerprint density at radius 1 is 1.38 bits per heavy atom. The number of aliphatic hydroxyl groups excluding tert-OH is 2. The van der Waals surface area contributed by atoms with Crippen LogP contribution in [0.15, 0.2) is 23.8 Å². The first-order valence-electron chi connectivity index (χ1n) is 9.03. The number of aliphatic carboxylic acids is 1. The molecule has 2 aliphatic carbocycles. The van der Waals surface area contributed by atoms with Gasteiger partial charge in [-0.05, 0) is 68.8 Å². The smallest absolute Gasteiger partial charge is 0.309 e. The van der Waals surface area contributed by atoms with Gasteiger partial charge in [-0.25, -0.2) is 0 Å². The standard InChI is InChI=1S/C20H32O4/c1-13(8-11-21)6-7-15-14(2)16(22)12-17-19(15,3)9-5-10-20(17,4)18(23)24/h8,15-17,21-22H,2,5-7,9-12H2,1,3-4H3,(H,23,24)/b13-8+/t15?,16?,17?,19-,20+/m1/s1. The lowest BCUT2D eigenvalue weighted by atomic mass is 9.46. The van der Waals surface area contributed by atoms with E-state index in [2.05, 4.69) is 13.5 Å². The molecule has 2 saturated carbocycles. The fraction of sp³-hybridized carbons (Fsp3) is 0.750. The minimum Gasteiger partial charge on any atom is -0.481 e. The number of aliphatic hydroxyl groups is 2. The van der Waals surface area contributed by atoms with E-state index >= 15 is 0 Å². The topological polar surface area (TPSA) is 77.8 Å². The molecule has 0 aliphatic heterocycles. The Labute approximate surface area is 145 Å². The Balaban J connectivity index is 2.33. The third-order valence-corrected chi connectivity index (χ3v) is 6.86. The van der Waals surface area contributed by atoms with Crippen molar-refractivity contribution in [3.63, 3.8) is 0 Å². The van der Waals surface area contributed by atoms with Crippen molar-refractivity contribution in [3.05, 3.63) is 23.8 Å². The normalized spacial score (nSPS) is 40.3. The zero-order valence-electron chi connectivity index (χ0n) is 15.2. The molecule has 0 aromatic carbocycles. The molecular weight excluding hydrogens is 304 g/mol. The van der Waals surface area contributed by atoms with Gasteiger partial charge >= 0.3 is 5.97 Å². The van der Waals surface area contributed by atoms with Crippen molar-refractivity contribution in [2.24, 2.45) is 22.7 Å². The summed E-state index contributed by atoms with van der Waals surface area (Å²) in [7, 11) is 0. The number of hydrogen-bond donors (Lipinski definition) is 3. The summed E-state index contributed by atoms with van der Waals surface area (Å²) < 4.78 is 0. The summed E-state index contributed by atoms with van der Waals surface area (Å²) in [6.07, 6.45) is 5.94. The van der Waals surface area contributed by atoms with E-state index in [0.717, 1.165) is 36.8 Å². The van der Waals surface area contributed by atoms with Crippen LogP contribution in [-0.4, -0.2) is 34.0 Å². The molecule has 3 unspecified atom stereocenters. The third-order valence-electron chi connectivity index (χ3n) is 6.86. The first kappa shape index (κ1) is 19.2. The molecule has 3 N–H and O–H groups in total. The van der Waals surface area contributed by atoms with Crippen molar-refractivity contribution >= 4 is 5.97 Å². The molecule has 2 rings (SSSR count). The van der Waals surface area contributed by atoms with E-state index in [0.29, 0.717) is 12.8 Å². The monoisotopic (exact) mass is 336 g/mol. The fourth-order valence-corrected chi connectivity index (χ4v) is 5.29. The summed E-state index contributed by atoms with van der Waals surface area (Å²) in [6.45, 7) is 10.3. The van der Waals surface area contributed by atoms with Crippen LogP contribution in [-0.2, 0) is 4.79 Å². The van der Waals surface area contributed by atoms with Crippen LogP contribution >= 0.6 is 0 Å². The molecule has 0 aromatic heterocycles. The van der Waals surface area contributed by atoms with E-state index in [1.165, 1.54) is 0 Å². The molecule has 0 aromatic rings. The number of allylic oxidation sites excluding steroid dienone is 1. The molecule has 0 amide bonds. The summed E-state index contributed by atoms with van der Waals surface area (Å²) in [6, 6.07) is 0. The number of rotatable bonds is 5. The van der Waals surface area contributed by atoms with Gasteiger partial charge in [0, 0.05) is 0 Å². The Bertz CT molecular complexity index is 538. The molecule has 2 aliphatic rings. The second-order valence-corrected chi connectivity index (χ2v) is 8.29. The Hall–Kier alpha value is -1.13. The van der Waals surface area contributed by atoms with Crippen LogP contribution in [0, 0.1) is 22.7 Å². The van der Waals surface area contributed by atoms with Gasteiger partial charge in [0.05, 0.1) is 18.1 Å². The van der Waals surface area contributed by atoms with Gasteiger partial charge in [-0.15, -0.1) is 0 Å². The number of carboxylic acid groups (broad SMARTS) is 1. The molecule has 0 radical (unpaired) electrons. The predicted octanol–water partition coefficient (Wildman–Crippen LogP) is 3.54. The highest BCUT2D eigenvalue weighted by Gasteiger charge is 2.58. The molecule has 0 saturated heterocycles. The summed E-state index contributed by atoms with van der Waals surface area (Å²) in [5.74, 6) is -0.663. The van der Waals surface area contributed by atoms with Gasteiger partial charge < -0.3 is 15.3 Å². The summed E-state index contributed by atoms with van der Waals surface area (Å²) in [4.78, 5) is 12.0. The maximum Gasteiger partial charge on any atom is 0.309 e. The third kappa shape index (κ3) is 3.18. The van der Waals surface area contributed by atoms with E-state index in [1.54, 1.807) is 0 Å². The zero-order valence-corrected chi connectivity index (χ0v) is 15.2. The largest absolute Gasteiger partial charge is 0.481 e. The first-order valence-corrected chi connectivity index (χ1v) is 9.03. The first-order chi connectivity index (χ1) is 11.2. The maximum absolute atomic E-state index is 12.0. The molecule has 0 bridgehead atoms. The summed E-state index contributed by atoms with van der Waals surface area (Å²) in [5.41, 5.74) is 1.08. The Morgan fingerprint density at radius 3 is 2.62 bits per heavy atom. The van der Waals surface area contributed by atoms with Crippen molar-refractivity contribution in [3.8, 4) is 0 Å². The highest BCUT2D eigenvalue weighted by Crippen LogP contribution is 2.62. The summed E-state index contributed by atoms with van der Waals surface area (Å²) in [5, 5.41) is 29.4. The van der Waals surface area contributed by atoms with Crippen LogP contribution < -0.4 is 0 Å². The van der Waals surface area contributed by atoms with Gasteiger partial charge in [0.25, 0.3) is 0 Å². The number of carbonyl (C=O) groups is 1. The van der Waals surface area contributed by atoms with E-state index in [-0.39, 0.29) is 23.9 Å². The minimum absolute atomic E-state index is 0.0381. The van der Waals surface area contributed by atoms with Crippen molar-refractivity contribution in [2.45, 2.75) is 65.4 Å². The van der Waals surface area contributed by atoms with Crippen LogP contribution in [0.5, 0.6) is 0 Å². The van der Waals surface area contributed by atoms with E-state index in [9.17, 15) is 15.0 Å². The molecule has 2 fully saturated rings. The minimum atomic E-state index is -0.775. The average Bonchev–Trinajstić information content (AvgIpc) is 2.50. The molecule has 0 heterocycles. The summed E-state index contributed by atoms with van der Waals surface area (Å²) >= 11 is 0. The maximum atomic E-state index is 12.0. The lowest BCUT2D eigenvalue weighted by Gasteiger charge is -2.58. The van der Waals surface area contributed by atoms with Crippen molar-refractivity contribution in [1.82, 2.24) is 0 Å². The SMILES string of the molecule is C=C1C(O)CC2[C@](C)(CCC[C@]2(C)C(=O)O)C1CC/C(C)=C/CO.